The zero-order valence-electron chi connectivity index (χ0n) is 14.4. The van der Waals surface area contributed by atoms with Gasteiger partial charge < -0.3 is 5.32 Å². The number of sulfone groups is 1. The topological polar surface area (TPSA) is 75.3 Å². The lowest BCUT2D eigenvalue weighted by molar-refractivity contribution is -0.118. The third-order valence-corrected chi connectivity index (χ3v) is 6.64. The SMILES string of the molecule is Cc1ccc(NC(=O)C(NC2CCS(=O)(=O)C2)c2ccccc2)cc1Cl. The van der Waals surface area contributed by atoms with Crippen LogP contribution in [0.2, 0.25) is 5.02 Å². The Morgan fingerprint density at radius 3 is 2.54 bits per heavy atom. The second kappa shape index (κ2) is 7.78. The number of hydrogen-bond donors (Lipinski definition) is 2. The lowest BCUT2D eigenvalue weighted by Crippen LogP contribution is -2.40. The van der Waals surface area contributed by atoms with Gasteiger partial charge in [0.1, 0.15) is 6.04 Å². The number of aryl methyl sites for hydroxylation is 1. The maximum atomic E-state index is 12.9. The van der Waals surface area contributed by atoms with Crippen molar-refractivity contribution in [3.63, 3.8) is 0 Å². The molecule has 1 saturated heterocycles. The summed E-state index contributed by atoms with van der Waals surface area (Å²) in [7, 11) is -3.03. The van der Waals surface area contributed by atoms with Crippen LogP contribution in [-0.2, 0) is 14.6 Å². The van der Waals surface area contributed by atoms with Crippen LogP contribution >= 0.6 is 11.6 Å². The molecular formula is C19H21ClN2O3S. The van der Waals surface area contributed by atoms with Gasteiger partial charge in [-0.3, -0.25) is 10.1 Å². The van der Waals surface area contributed by atoms with Crippen molar-refractivity contribution in [2.75, 3.05) is 16.8 Å². The maximum Gasteiger partial charge on any atom is 0.246 e. The molecule has 138 valence electrons. The first kappa shape index (κ1) is 18.9. The van der Waals surface area contributed by atoms with E-state index in [0.29, 0.717) is 17.1 Å². The van der Waals surface area contributed by atoms with E-state index >= 15 is 0 Å². The number of rotatable bonds is 5. The molecule has 0 aliphatic carbocycles. The summed E-state index contributed by atoms with van der Waals surface area (Å²) in [5.41, 5.74) is 2.32. The van der Waals surface area contributed by atoms with E-state index in [-0.39, 0.29) is 23.5 Å². The molecule has 0 spiro atoms. The van der Waals surface area contributed by atoms with E-state index in [0.717, 1.165) is 11.1 Å². The van der Waals surface area contributed by atoms with Crippen molar-refractivity contribution in [2.24, 2.45) is 0 Å². The van der Waals surface area contributed by atoms with Crippen LogP contribution in [0.1, 0.15) is 23.6 Å². The quantitative estimate of drug-likeness (QED) is 0.819. The summed E-state index contributed by atoms with van der Waals surface area (Å²) in [6.07, 6.45) is 0.509. The summed E-state index contributed by atoms with van der Waals surface area (Å²) in [5, 5.41) is 6.66. The van der Waals surface area contributed by atoms with Crippen molar-refractivity contribution < 1.29 is 13.2 Å². The first-order valence-electron chi connectivity index (χ1n) is 8.42. The zero-order chi connectivity index (χ0) is 18.7. The smallest absolute Gasteiger partial charge is 0.246 e. The monoisotopic (exact) mass is 392 g/mol. The van der Waals surface area contributed by atoms with Crippen molar-refractivity contribution in [1.82, 2.24) is 5.32 Å². The molecular weight excluding hydrogens is 372 g/mol. The predicted molar refractivity (Wildman–Crippen MR) is 104 cm³/mol. The Labute approximate surface area is 158 Å². The third kappa shape index (κ3) is 4.63. The molecule has 3 rings (SSSR count). The Kier molecular flexibility index (Phi) is 5.65. The fraction of sp³-hybridized carbons (Fsp3) is 0.316. The van der Waals surface area contributed by atoms with Gasteiger partial charge in [0.25, 0.3) is 0 Å². The summed E-state index contributed by atoms with van der Waals surface area (Å²) >= 11 is 6.13. The number of anilines is 1. The van der Waals surface area contributed by atoms with Crippen molar-refractivity contribution in [1.29, 1.82) is 0 Å². The number of halogens is 1. The van der Waals surface area contributed by atoms with Crippen LogP contribution < -0.4 is 10.6 Å². The summed E-state index contributed by atoms with van der Waals surface area (Å²) in [6.45, 7) is 1.89. The minimum atomic E-state index is -3.03. The van der Waals surface area contributed by atoms with E-state index in [2.05, 4.69) is 10.6 Å². The molecule has 1 heterocycles. The highest BCUT2D eigenvalue weighted by atomic mass is 35.5. The molecule has 1 aliphatic rings. The number of hydrogen-bond acceptors (Lipinski definition) is 4. The standard InChI is InChI=1S/C19H21ClN2O3S/c1-13-7-8-15(11-17(13)20)22-19(23)18(14-5-3-2-4-6-14)21-16-9-10-26(24,25)12-16/h2-8,11,16,18,21H,9-10,12H2,1H3,(H,22,23). The van der Waals surface area contributed by atoms with Crippen molar-refractivity contribution in [3.05, 3.63) is 64.7 Å². The van der Waals surface area contributed by atoms with Gasteiger partial charge in [0.05, 0.1) is 11.5 Å². The van der Waals surface area contributed by atoms with Crippen LogP contribution in [0.4, 0.5) is 5.69 Å². The molecule has 7 heteroatoms. The highest BCUT2D eigenvalue weighted by Gasteiger charge is 2.32. The Morgan fingerprint density at radius 2 is 1.92 bits per heavy atom. The molecule has 2 aromatic rings. The van der Waals surface area contributed by atoms with Gasteiger partial charge in [0.15, 0.2) is 9.84 Å². The van der Waals surface area contributed by atoms with Crippen LogP contribution in [0.15, 0.2) is 48.5 Å². The van der Waals surface area contributed by atoms with Gasteiger partial charge in [-0.05, 0) is 36.6 Å². The van der Waals surface area contributed by atoms with E-state index in [4.69, 9.17) is 11.6 Å². The maximum absolute atomic E-state index is 12.9. The third-order valence-electron chi connectivity index (χ3n) is 4.47. The predicted octanol–water partition coefficient (Wildman–Crippen LogP) is 3.10. The Balaban J connectivity index is 1.80. The van der Waals surface area contributed by atoms with Crippen LogP contribution in [0.25, 0.3) is 0 Å². The minimum absolute atomic E-state index is 0.0555. The first-order valence-corrected chi connectivity index (χ1v) is 10.6. The van der Waals surface area contributed by atoms with Gasteiger partial charge in [-0.15, -0.1) is 0 Å². The molecule has 1 fully saturated rings. The molecule has 1 aliphatic heterocycles. The normalized spacial score (nSPS) is 19.8. The Morgan fingerprint density at radius 1 is 1.19 bits per heavy atom. The van der Waals surface area contributed by atoms with Gasteiger partial charge in [0.2, 0.25) is 5.91 Å². The lowest BCUT2D eigenvalue weighted by atomic mass is 10.0. The van der Waals surface area contributed by atoms with Crippen LogP contribution in [-0.4, -0.2) is 31.9 Å². The average Bonchev–Trinajstić information content (AvgIpc) is 2.95. The van der Waals surface area contributed by atoms with Crippen LogP contribution in [0.3, 0.4) is 0 Å². The molecule has 26 heavy (non-hydrogen) atoms. The summed E-state index contributed by atoms with van der Waals surface area (Å²) in [4.78, 5) is 12.9. The summed E-state index contributed by atoms with van der Waals surface area (Å²) in [6, 6.07) is 13.7. The number of carbonyl (C=O) groups excluding carboxylic acids is 1. The highest BCUT2D eigenvalue weighted by molar-refractivity contribution is 7.91. The van der Waals surface area contributed by atoms with Gasteiger partial charge >= 0.3 is 0 Å². The van der Waals surface area contributed by atoms with Crippen molar-refractivity contribution in [3.8, 4) is 0 Å². The number of carbonyl (C=O) groups is 1. The molecule has 0 saturated carbocycles. The zero-order valence-corrected chi connectivity index (χ0v) is 16.0. The van der Waals surface area contributed by atoms with Gasteiger partial charge in [0, 0.05) is 16.8 Å². The first-order chi connectivity index (χ1) is 12.3. The van der Waals surface area contributed by atoms with Gasteiger partial charge in [-0.2, -0.15) is 0 Å². The van der Waals surface area contributed by atoms with Gasteiger partial charge in [-0.1, -0.05) is 48.0 Å². The molecule has 0 radical (unpaired) electrons. The van der Waals surface area contributed by atoms with Crippen molar-refractivity contribution in [2.45, 2.75) is 25.4 Å². The van der Waals surface area contributed by atoms with E-state index < -0.39 is 15.9 Å². The molecule has 2 atom stereocenters. The summed E-state index contributed by atoms with van der Waals surface area (Å²) < 4.78 is 23.5. The van der Waals surface area contributed by atoms with Gasteiger partial charge in [-0.25, -0.2) is 8.42 Å². The fourth-order valence-corrected chi connectivity index (χ4v) is 4.88. The van der Waals surface area contributed by atoms with Crippen LogP contribution in [0.5, 0.6) is 0 Å². The number of nitrogens with one attached hydrogen (secondary N) is 2. The molecule has 2 aromatic carbocycles. The molecule has 5 nitrogen and oxygen atoms in total. The van der Waals surface area contributed by atoms with E-state index in [9.17, 15) is 13.2 Å². The van der Waals surface area contributed by atoms with E-state index in [1.54, 1.807) is 12.1 Å². The molecule has 0 bridgehead atoms. The number of amides is 1. The molecule has 2 N–H and O–H groups in total. The van der Waals surface area contributed by atoms with E-state index in [1.807, 2.05) is 43.3 Å². The second-order valence-corrected chi connectivity index (χ2v) is 9.20. The molecule has 2 unspecified atom stereocenters. The largest absolute Gasteiger partial charge is 0.324 e. The Hall–Kier alpha value is -1.89. The lowest BCUT2D eigenvalue weighted by Gasteiger charge is -2.22. The summed E-state index contributed by atoms with van der Waals surface area (Å²) in [5.74, 6) is -0.0400. The molecule has 0 aromatic heterocycles. The average molecular weight is 393 g/mol. The second-order valence-electron chi connectivity index (χ2n) is 6.56. The number of benzene rings is 2. The van der Waals surface area contributed by atoms with Crippen LogP contribution in [0, 0.1) is 6.92 Å². The van der Waals surface area contributed by atoms with E-state index in [1.165, 1.54) is 0 Å². The molecule has 1 amide bonds. The van der Waals surface area contributed by atoms with Crippen molar-refractivity contribution >= 4 is 33.0 Å². The minimum Gasteiger partial charge on any atom is -0.324 e. The Bertz CT molecular complexity index is 900. The fourth-order valence-electron chi connectivity index (χ4n) is 3.02. The highest BCUT2D eigenvalue weighted by Crippen LogP contribution is 2.23.